The molecule has 0 spiro atoms. The summed E-state index contributed by atoms with van der Waals surface area (Å²) in [4.78, 5) is 38.1. The van der Waals surface area contributed by atoms with Gasteiger partial charge in [-0.25, -0.2) is 18.0 Å². The molecule has 10 nitrogen and oxygen atoms in total. The summed E-state index contributed by atoms with van der Waals surface area (Å²) in [6.07, 6.45) is 1.45. The first-order valence-corrected chi connectivity index (χ1v) is 14.5. The van der Waals surface area contributed by atoms with E-state index in [0.717, 1.165) is 31.5 Å². The highest BCUT2D eigenvalue weighted by molar-refractivity contribution is 7.89. The van der Waals surface area contributed by atoms with Gasteiger partial charge in [0.15, 0.2) is 0 Å². The highest BCUT2D eigenvalue weighted by Gasteiger charge is 2.34. The van der Waals surface area contributed by atoms with E-state index < -0.39 is 39.5 Å². The number of esters is 2. The average molecular weight is 559 g/mol. The minimum Gasteiger partial charge on any atom is -0.391 e. The van der Waals surface area contributed by atoms with Crippen molar-refractivity contribution in [3.05, 3.63) is 59.7 Å². The number of hydrogen-bond donors (Lipinski definition) is 4. The Balaban J connectivity index is 1.77. The van der Waals surface area contributed by atoms with Gasteiger partial charge in [-0.15, -0.1) is 0 Å². The minimum absolute atomic E-state index is 0.0282. The second-order valence-electron chi connectivity index (χ2n) is 11.0. The van der Waals surface area contributed by atoms with Crippen molar-refractivity contribution in [1.82, 2.24) is 10.0 Å². The fourth-order valence-electron chi connectivity index (χ4n) is 4.02. The number of nitrogens with two attached hydrogens (primary N) is 1. The van der Waals surface area contributed by atoms with Crippen LogP contribution in [0, 0.1) is 18.3 Å². The third kappa shape index (κ3) is 8.69. The SMILES string of the molecule is Cc1ccc(S(=O)(=O)N[C@@H](Cc2ccc(NC(=O)C3CCNCC3)cc2)C(=O)OC(=O)C(N)C(C)(C)C)cc1. The third-order valence-electron chi connectivity index (χ3n) is 6.67. The molecule has 1 fully saturated rings. The van der Waals surface area contributed by atoms with Crippen molar-refractivity contribution in [3.8, 4) is 0 Å². The van der Waals surface area contributed by atoms with Gasteiger partial charge < -0.3 is 21.1 Å². The van der Waals surface area contributed by atoms with Crippen molar-refractivity contribution in [2.75, 3.05) is 18.4 Å². The van der Waals surface area contributed by atoms with Crippen molar-refractivity contribution in [2.45, 2.75) is 63.9 Å². The van der Waals surface area contributed by atoms with Crippen LogP contribution in [0.15, 0.2) is 53.4 Å². The Morgan fingerprint density at radius 3 is 2.15 bits per heavy atom. The second kappa shape index (κ2) is 12.8. The van der Waals surface area contributed by atoms with E-state index in [0.29, 0.717) is 11.3 Å². The highest BCUT2D eigenvalue weighted by atomic mass is 32.2. The van der Waals surface area contributed by atoms with Gasteiger partial charge in [-0.2, -0.15) is 4.72 Å². The van der Waals surface area contributed by atoms with Gasteiger partial charge in [0.05, 0.1) is 4.90 Å². The first kappa shape index (κ1) is 30.4. The summed E-state index contributed by atoms with van der Waals surface area (Å²) < 4.78 is 33.6. The van der Waals surface area contributed by atoms with Crippen molar-refractivity contribution in [2.24, 2.45) is 17.1 Å². The molecule has 1 aliphatic heterocycles. The molecule has 2 aromatic rings. The lowest BCUT2D eigenvalue weighted by Crippen LogP contribution is -2.48. The normalized spacial score (nSPS) is 16.2. The van der Waals surface area contributed by atoms with Crippen molar-refractivity contribution in [3.63, 3.8) is 0 Å². The molecular formula is C28H38N4O6S. The zero-order valence-electron chi connectivity index (χ0n) is 22.8. The number of anilines is 1. The molecular weight excluding hydrogens is 520 g/mol. The van der Waals surface area contributed by atoms with Crippen LogP contribution in [0.25, 0.3) is 0 Å². The van der Waals surface area contributed by atoms with Crippen LogP contribution < -0.4 is 21.1 Å². The van der Waals surface area contributed by atoms with Gasteiger partial charge in [0.2, 0.25) is 15.9 Å². The van der Waals surface area contributed by atoms with E-state index in [9.17, 15) is 22.8 Å². The Morgan fingerprint density at radius 2 is 1.59 bits per heavy atom. The highest BCUT2D eigenvalue weighted by Crippen LogP contribution is 2.20. The smallest absolute Gasteiger partial charge is 0.332 e. The van der Waals surface area contributed by atoms with Gasteiger partial charge in [0.25, 0.3) is 0 Å². The van der Waals surface area contributed by atoms with Gasteiger partial charge in [-0.3, -0.25) is 4.79 Å². The molecule has 0 aliphatic carbocycles. The first-order chi connectivity index (χ1) is 18.3. The largest absolute Gasteiger partial charge is 0.391 e. The molecule has 2 atom stereocenters. The molecule has 0 bridgehead atoms. The van der Waals surface area contributed by atoms with Crippen LogP contribution in [0.4, 0.5) is 5.69 Å². The molecule has 1 amide bonds. The van der Waals surface area contributed by atoms with E-state index >= 15 is 0 Å². The fourth-order valence-corrected chi connectivity index (χ4v) is 5.21. The Hall–Kier alpha value is -3.12. The molecule has 0 aromatic heterocycles. The number of hydrogen-bond acceptors (Lipinski definition) is 8. The van der Waals surface area contributed by atoms with Gasteiger partial charge in [-0.1, -0.05) is 50.6 Å². The third-order valence-corrected chi connectivity index (χ3v) is 8.16. The lowest BCUT2D eigenvalue weighted by molar-refractivity contribution is -0.163. The van der Waals surface area contributed by atoms with Crippen molar-refractivity contribution in [1.29, 1.82) is 0 Å². The summed E-state index contributed by atoms with van der Waals surface area (Å²) in [5.74, 6) is -2.11. The summed E-state index contributed by atoms with van der Waals surface area (Å²) in [5.41, 5.74) is 7.33. The Kier molecular flexibility index (Phi) is 10.0. The van der Waals surface area contributed by atoms with E-state index in [-0.39, 0.29) is 23.1 Å². The topological polar surface area (TPSA) is 157 Å². The van der Waals surface area contributed by atoms with Gasteiger partial charge >= 0.3 is 11.9 Å². The standard InChI is InChI=1S/C28H38N4O6S/c1-18-5-11-22(12-6-18)39(36,37)32-23(26(34)38-27(35)24(29)28(2,3)4)17-19-7-9-21(10-8-19)31-25(33)20-13-15-30-16-14-20/h5-12,20,23-24,30,32H,13-17,29H2,1-4H3,(H,31,33)/t23-,24?/m0/s1. The first-order valence-electron chi connectivity index (χ1n) is 13.0. The summed E-state index contributed by atoms with van der Waals surface area (Å²) >= 11 is 0. The van der Waals surface area contributed by atoms with E-state index in [1.807, 2.05) is 6.92 Å². The maximum Gasteiger partial charge on any atom is 0.332 e. The second-order valence-corrected chi connectivity index (χ2v) is 12.7. The zero-order valence-corrected chi connectivity index (χ0v) is 23.6. The summed E-state index contributed by atoms with van der Waals surface area (Å²) in [6.45, 7) is 8.62. The van der Waals surface area contributed by atoms with Crippen molar-refractivity contribution >= 4 is 33.6 Å². The molecule has 5 N–H and O–H groups in total. The molecule has 1 unspecified atom stereocenters. The number of piperidine rings is 1. The molecule has 0 radical (unpaired) electrons. The van der Waals surface area contributed by atoms with Gasteiger partial charge in [-0.05, 0) is 74.5 Å². The quantitative estimate of drug-likeness (QED) is 0.270. The van der Waals surface area contributed by atoms with Gasteiger partial charge in [0, 0.05) is 11.6 Å². The van der Waals surface area contributed by atoms with Gasteiger partial charge in [0.1, 0.15) is 12.1 Å². The molecule has 1 heterocycles. The molecule has 11 heteroatoms. The molecule has 1 aliphatic rings. The van der Waals surface area contributed by atoms with Crippen LogP contribution in [0.5, 0.6) is 0 Å². The summed E-state index contributed by atoms with van der Waals surface area (Å²) in [6, 6.07) is 10.4. The zero-order chi connectivity index (χ0) is 28.8. The molecule has 3 rings (SSSR count). The predicted molar refractivity (Wildman–Crippen MR) is 148 cm³/mol. The van der Waals surface area contributed by atoms with Crippen LogP contribution in [0.2, 0.25) is 0 Å². The number of nitrogens with one attached hydrogen (secondary N) is 3. The number of aryl methyl sites for hydroxylation is 1. The molecule has 0 saturated carbocycles. The van der Waals surface area contributed by atoms with E-state index in [4.69, 9.17) is 10.5 Å². The number of ether oxygens (including phenoxy) is 1. The number of sulfonamides is 1. The lowest BCUT2D eigenvalue weighted by Gasteiger charge is -2.25. The monoisotopic (exact) mass is 558 g/mol. The number of rotatable bonds is 9. The van der Waals surface area contributed by atoms with Crippen LogP contribution in [-0.2, 0) is 35.6 Å². The summed E-state index contributed by atoms with van der Waals surface area (Å²) in [5, 5.41) is 6.13. The lowest BCUT2D eigenvalue weighted by atomic mass is 9.87. The molecule has 39 heavy (non-hydrogen) atoms. The predicted octanol–water partition coefficient (Wildman–Crippen LogP) is 2.27. The van der Waals surface area contributed by atoms with Crippen LogP contribution in [0.3, 0.4) is 0 Å². The van der Waals surface area contributed by atoms with Crippen LogP contribution in [-0.4, -0.2) is 51.4 Å². The Bertz CT molecular complexity index is 1260. The number of carbonyl (C=O) groups is 3. The molecule has 1 saturated heterocycles. The number of carbonyl (C=O) groups excluding carboxylic acids is 3. The maximum absolute atomic E-state index is 13.1. The average Bonchev–Trinajstić information content (AvgIpc) is 2.89. The molecule has 2 aromatic carbocycles. The summed E-state index contributed by atoms with van der Waals surface area (Å²) in [7, 11) is -4.12. The van der Waals surface area contributed by atoms with Crippen LogP contribution in [0.1, 0.15) is 44.7 Å². The Morgan fingerprint density at radius 1 is 1.00 bits per heavy atom. The Labute approximate surface area is 230 Å². The number of amides is 1. The maximum atomic E-state index is 13.1. The molecule has 212 valence electrons. The fraction of sp³-hybridized carbons (Fsp3) is 0.464. The van der Waals surface area contributed by atoms with E-state index in [1.165, 1.54) is 12.1 Å². The van der Waals surface area contributed by atoms with E-state index in [2.05, 4.69) is 15.4 Å². The number of benzene rings is 2. The minimum atomic E-state index is -4.12. The van der Waals surface area contributed by atoms with E-state index in [1.54, 1.807) is 57.2 Å². The van der Waals surface area contributed by atoms with Crippen molar-refractivity contribution < 1.29 is 27.5 Å². The van der Waals surface area contributed by atoms with Crippen LogP contribution >= 0.6 is 0 Å².